The van der Waals surface area contributed by atoms with E-state index in [-0.39, 0.29) is 5.41 Å². The van der Waals surface area contributed by atoms with Gasteiger partial charge < -0.3 is 0 Å². The second-order valence-electron chi connectivity index (χ2n) is 9.18. The van der Waals surface area contributed by atoms with Crippen LogP contribution in [-0.4, -0.2) is 0 Å². The molecule has 0 aromatic heterocycles. The van der Waals surface area contributed by atoms with Gasteiger partial charge in [0.25, 0.3) is 0 Å². The van der Waals surface area contributed by atoms with E-state index >= 15 is 0 Å². The molecule has 0 bridgehead atoms. The molecule has 0 heterocycles. The Hall–Kier alpha value is -3.90. The van der Waals surface area contributed by atoms with Crippen LogP contribution in [0.2, 0.25) is 0 Å². The summed E-state index contributed by atoms with van der Waals surface area (Å²) in [5, 5.41) is 0. The summed E-state index contributed by atoms with van der Waals surface area (Å²) >= 11 is 0. The molecule has 33 heavy (non-hydrogen) atoms. The lowest BCUT2D eigenvalue weighted by atomic mass is 9.71. The van der Waals surface area contributed by atoms with Gasteiger partial charge in [-0.2, -0.15) is 0 Å². The normalized spacial score (nSPS) is 16.3. The van der Waals surface area contributed by atoms with Crippen LogP contribution in [0.4, 0.5) is 0 Å². The van der Waals surface area contributed by atoms with Crippen molar-refractivity contribution in [1.29, 1.82) is 0 Å². The lowest BCUT2D eigenvalue weighted by Gasteiger charge is -2.31. The molecule has 0 aliphatic heterocycles. The van der Waals surface area contributed by atoms with E-state index in [0.717, 1.165) is 6.42 Å². The van der Waals surface area contributed by atoms with Gasteiger partial charge in [0.1, 0.15) is 0 Å². The molecule has 0 amide bonds. The SMILES string of the molecule is CC1(Cc2ccccc2)c2ccccc2-c2ccc(-c3ccccc3)c(-c3ccccc3)c21. The lowest BCUT2D eigenvalue weighted by molar-refractivity contribution is 0.584. The predicted molar refractivity (Wildman–Crippen MR) is 139 cm³/mol. The summed E-state index contributed by atoms with van der Waals surface area (Å²) in [5.41, 5.74) is 12.0. The zero-order valence-electron chi connectivity index (χ0n) is 18.8. The third kappa shape index (κ3) is 3.22. The molecular weight excluding hydrogens is 396 g/mol. The molecule has 1 aliphatic carbocycles. The van der Waals surface area contributed by atoms with Gasteiger partial charge in [0.05, 0.1) is 0 Å². The molecule has 5 aromatic carbocycles. The fourth-order valence-corrected chi connectivity index (χ4v) is 5.68. The highest BCUT2D eigenvalue weighted by molar-refractivity contribution is 5.95. The summed E-state index contributed by atoms with van der Waals surface area (Å²) in [6.07, 6.45) is 0.968. The molecular formula is C33H26. The Morgan fingerprint density at radius 1 is 0.485 bits per heavy atom. The van der Waals surface area contributed by atoms with Gasteiger partial charge in [0.2, 0.25) is 0 Å². The Labute approximate surface area is 196 Å². The third-order valence-electron chi connectivity index (χ3n) is 7.12. The summed E-state index contributed by atoms with van der Waals surface area (Å²) in [5.74, 6) is 0. The fraction of sp³-hybridized carbons (Fsp3) is 0.0909. The van der Waals surface area contributed by atoms with Crippen LogP contribution in [-0.2, 0) is 11.8 Å². The van der Waals surface area contributed by atoms with Gasteiger partial charge in [-0.15, -0.1) is 0 Å². The standard InChI is InChI=1S/C33H26/c1-33(23-24-13-5-2-6-14-24)30-20-12-11-19-28(30)29-22-21-27(25-15-7-3-8-16-25)31(32(29)33)26-17-9-4-10-18-26/h2-22H,23H2,1H3. The Bertz CT molecular complexity index is 1420. The first-order chi connectivity index (χ1) is 16.3. The predicted octanol–water partition coefficient (Wildman–Crippen LogP) is 8.55. The van der Waals surface area contributed by atoms with Crippen molar-refractivity contribution in [3.8, 4) is 33.4 Å². The van der Waals surface area contributed by atoms with Crippen molar-refractivity contribution in [2.75, 3.05) is 0 Å². The first kappa shape index (κ1) is 19.8. The van der Waals surface area contributed by atoms with Crippen molar-refractivity contribution in [2.45, 2.75) is 18.8 Å². The maximum Gasteiger partial charge on any atom is 0.0233 e. The van der Waals surface area contributed by atoms with Gasteiger partial charge in [0, 0.05) is 5.41 Å². The molecule has 0 spiro atoms. The maximum atomic E-state index is 2.44. The quantitative estimate of drug-likeness (QED) is 0.272. The van der Waals surface area contributed by atoms with Crippen LogP contribution < -0.4 is 0 Å². The van der Waals surface area contributed by atoms with Crippen molar-refractivity contribution in [1.82, 2.24) is 0 Å². The number of fused-ring (bicyclic) bond motifs is 3. The summed E-state index contributed by atoms with van der Waals surface area (Å²) in [6.45, 7) is 2.44. The molecule has 0 fully saturated rings. The minimum absolute atomic E-state index is 0.122. The highest BCUT2D eigenvalue weighted by atomic mass is 14.4. The van der Waals surface area contributed by atoms with E-state index < -0.39 is 0 Å². The van der Waals surface area contributed by atoms with Gasteiger partial charge in [-0.05, 0) is 56.5 Å². The highest BCUT2D eigenvalue weighted by Crippen LogP contribution is 2.55. The monoisotopic (exact) mass is 422 g/mol. The summed E-state index contributed by atoms with van der Waals surface area (Å²) in [6, 6.07) is 46.3. The molecule has 0 radical (unpaired) electrons. The molecule has 1 unspecified atom stereocenters. The van der Waals surface area contributed by atoms with Crippen molar-refractivity contribution in [3.05, 3.63) is 144 Å². The highest BCUT2D eigenvalue weighted by Gasteiger charge is 2.41. The van der Waals surface area contributed by atoms with Crippen LogP contribution in [0.3, 0.4) is 0 Å². The largest absolute Gasteiger partial charge is 0.0622 e. The second kappa shape index (κ2) is 7.90. The first-order valence-corrected chi connectivity index (χ1v) is 11.7. The van der Waals surface area contributed by atoms with Crippen LogP contribution >= 0.6 is 0 Å². The average molecular weight is 423 g/mol. The maximum absolute atomic E-state index is 2.44. The van der Waals surface area contributed by atoms with Crippen molar-refractivity contribution < 1.29 is 0 Å². The summed E-state index contributed by atoms with van der Waals surface area (Å²) < 4.78 is 0. The van der Waals surface area contributed by atoms with Crippen LogP contribution in [0.5, 0.6) is 0 Å². The molecule has 0 nitrogen and oxygen atoms in total. The number of rotatable bonds is 4. The smallest absolute Gasteiger partial charge is 0.0233 e. The molecule has 0 heteroatoms. The van der Waals surface area contributed by atoms with Gasteiger partial charge >= 0.3 is 0 Å². The number of hydrogen-bond acceptors (Lipinski definition) is 0. The topological polar surface area (TPSA) is 0 Å². The fourth-order valence-electron chi connectivity index (χ4n) is 5.68. The van der Waals surface area contributed by atoms with E-state index in [1.165, 1.54) is 50.1 Å². The Kier molecular flexibility index (Phi) is 4.73. The Morgan fingerprint density at radius 2 is 1.03 bits per heavy atom. The van der Waals surface area contributed by atoms with Crippen LogP contribution in [0.15, 0.2) is 127 Å². The molecule has 1 atom stereocenters. The van der Waals surface area contributed by atoms with Crippen molar-refractivity contribution in [3.63, 3.8) is 0 Å². The van der Waals surface area contributed by atoms with Gasteiger partial charge in [-0.25, -0.2) is 0 Å². The van der Waals surface area contributed by atoms with E-state index in [9.17, 15) is 0 Å². The third-order valence-corrected chi connectivity index (χ3v) is 7.12. The molecule has 0 saturated carbocycles. The van der Waals surface area contributed by atoms with Gasteiger partial charge in [0.15, 0.2) is 0 Å². The minimum Gasteiger partial charge on any atom is -0.0622 e. The minimum atomic E-state index is -0.122. The van der Waals surface area contributed by atoms with Crippen molar-refractivity contribution in [2.24, 2.45) is 0 Å². The molecule has 5 aromatic rings. The first-order valence-electron chi connectivity index (χ1n) is 11.7. The van der Waals surface area contributed by atoms with Crippen molar-refractivity contribution >= 4 is 0 Å². The molecule has 0 N–H and O–H groups in total. The average Bonchev–Trinajstić information content (AvgIpc) is 3.13. The zero-order chi connectivity index (χ0) is 22.3. The summed E-state index contributed by atoms with van der Waals surface area (Å²) in [4.78, 5) is 0. The Balaban J connectivity index is 1.69. The molecule has 0 saturated heterocycles. The Morgan fingerprint density at radius 3 is 1.73 bits per heavy atom. The number of hydrogen-bond donors (Lipinski definition) is 0. The van der Waals surface area contributed by atoms with Gasteiger partial charge in [-0.1, -0.05) is 134 Å². The zero-order valence-corrected chi connectivity index (χ0v) is 18.8. The van der Waals surface area contributed by atoms with E-state index in [1.807, 2.05) is 0 Å². The number of benzene rings is 5. The van der Waals surface area contributed by atoms with Gasteiger partial charge in [-0.3, -0.25) is 0 Å². The van der Waals surface area contributed by atoms with E-state index in [2.05, 4.69) is 134 Å². The lowest BCUT2D eigenvalue weighted by Crippen LogP contribution is -2.25. The molecule has 6 rings (SSSR count). The second-order valence-corrected chi connectivity index (χ2v) is 9.18. The van der Waals surface area contributed by atoms with Crippen LogP contribution in [0.25, 0.3) is 33.4 Å². The van der Waals surface area contributed by atoms with Crippen LogP contribution in [0.1, 0.15) is 23.6 Å². The van der Waals surface area contributed by atoms with E-state index in [0.29, 0.717) is 0 Å². The van der Waals surface area contributed by atoms with E-state index in [4.69, 9.17) is 0 Å². The van der Waals surface area contributed by atoms with E-state index in [1.54, 1.807) is 0 Å². The molecule has 158 valence electrons. The summed E-state index contributed by atoms with van der Waals surface area (Å²) in [7, 11) is 0. The van der Waals surface area contributed by atoms with Crippen LogP contribution in [0, 0.1) is 0 Å². The molecule has 1 aliphatic rings.